The molecule has 146 valence electrons. The molecule has 2 aromatic rings. The second-order valence-electron chi connectivity index (χ2n) is 6.39. The van der Waals surface area contributed by atoms with Crippen LogP contribution in [0.2, 0.25) is 5.02 Å². The van der Waals surface area contributed by atoms with E-state index in [1.165, 1.54) is 0 Å². The molecule has 0 radical (unpaired) electrons. The topological polar surface area (TPSA) is 59.0 Å². The zero-order valence-corrected chi connectivity index (χ0v) is 16.6. The highest BCUT2D eigenvalue weighted by Crippen LogP contribution is 2.28. The highest BCUT2D eigenvalue weighted by Gasteiger charge is 2.22. The maximum atomic E-state index is 10.7. The smallest absolute Gasteiger partial charge is 0.304 e. The van der Waals surface area contributed by atoms with E-state index < -0.39 is 5.97 Å². The molecule has 5 nitrogen and oxygen atoms in total. The normalized spacial score (nSPS) is 17.2. The van der Waals surface area contributed by atoms with E-state index in [0.29, 0.717) is 19.7 Å². The van der Waals surface area contributed by atoms with E-state index in [0.717, 1.165) is 34.2 Å². The lowest BCUT2D eigenvalue weighted by Gasteiger charge is -2.32. The second kappa shape index (κ2) is 9.95. The average Bonchev–Trinajstić information content (AvgIpc) is 2.64. The Morgan fingerprint density at radius 1 is 1.26 bits per heavy atom. The number of ether oxygens (including phenoxy) is 2. The third kappa shape index (κ3) is 6.11. The van der Waals surface area contributed by atoms with Crippen molar-refractivity contribution < 1.29 is 19.4 Å². The number of morpholine rings is 1. The Balaban J connectivity index is 0.00000261. The summed E-state index contributed by atoms with van der Waals surface area (Å²) < 4.78 is 11.7. The Kier molecular flexibility index (Phi) is 7.92. The number of nitrogens with zero attached hydrogens (tertiary/aromatic N) is 1. The first kappa shape index (κ1) is 21.5. The highest BCUT2D eigenvalue weighted by molar-refractivity contribution is 6.31. The molecule has 0 aromatic heterocycles. The van der Waals surface area contributed by atoms with E-state index in [4.69, 9.17) is 26.2 Å². The van der Waals surface area contributed by atoms with E-state index in [2.05, 4.69) is 4.90 Å². The average molecular weight is 412 g/mol. The minimum Gasteiger partial charge on any atom is -0.481 e. The summed E-state index contributed by atoms with van der Waals surface area (Å²) in [5.74, 6) is 0.717. The number of hydrogen-bond donors (Lipinski definition) is 1. The van der Waals surface area contributed by atoms with Crippen LogP contribution in [0.3, 0.4) is 0 Å². The lowest BCUT2D eigenvalue weighted by Crippen LogP contribution is -2.39. The maximum absolute atomic E-state index is 10.7. The highest BCUT2D eigenvalue weighted by atomic mass is 35.5. The molecule has 0 amide bonds. The van der Waals surface area contributed by atoms with Gasteiger partial charge in [0.05, 0.1) is 19.1 Å². The molecule has 3 rings (SSSR count). The van der Waals surface area contributed by atoms with Crippen molar-refractivity contribution >= 4 is 30.0 Å². The van der Waals surface area contributed by atoms with Crippen molar-refractivity contribution in [3.63, 3.8) is 0 Å². The van der Waals surface area contributed by atoms with Crippen molar-refractivity contribution in [2.24, 2.45) is 0 Å². The van der Waals surface area contributed by atoms with Crippen LogP contribution < -0.4 is 4.74 Å². The fourth-order valence-electron chi connectivity index (χ4n) is 2.93. The molecule has 2 aromatic carbocycles. The molecule has 27 heavy (non-hydrogen) atoms. The number of aryl methyl sites for hydroxylation is 1. The third-order valence-corrected chi connectivity index (χ3v) is 4.83. The number of carbonyl (C=O) groups is 1. The Labute approximate surface area is 170 Å². The third-order valence-electron chi connectivity index (χ3n) is 4.41. The van der Waals surface area contributed by atoms with Crippen LogP contribution in [-0.2, 0) is 9.53 Å². The summed E-state index contributed by atoms with van der Waals surface area (Å²) in [5, 5.41) is 9.55. The molecule has 0 bridgehead atoms. The lowest BCUT2D eigenvalue weighted by atomic mass is 10.1. The van der Waals surface area contributed by atoms with E-state index in [1.54, 1.807) is 0 Å². The number of halogens is 2. The van der Waals surface area contributed by atoms with Gasteiger partial charge in [-0.2, -0.15) is 0 Å². The number of hydrogen-bond acceptors (Lipinski definition) is 4. The molecule has 1 N–H and O–H groups in total. The SMILES string of the molecule is Cc1cc(Oc2ccc(C3CN(CCC(=O)O)CCO3)cc2)ccc1Cl.Cl. The van der Waals surface area contributed by atoms with Gasteiger partial charge in [0, 0.05) is 24.7 Å². The molecular formula is C20H23Cl2NO4. The molecule has 1 unspecified atom stereocenters. The number of carboxylic acid groups (broad SMARTS) is 1. The predicted molar refractivity (Wildman–Crippen MR) is 107 cm³/mol. The van der Waals surface area contributed by atoms with Crippen LogP contribution in [0, 0.1) is 6.92 Å². The Bertz CT molecular complexity index is 767. The van der Waals surface area contributed by atoms with Gasteiger partial charge in [-0.1, -0.05) is 23.7 Å². The van der Waals surface area contributed by atoms with Crippen molar-refractivity contribution in [1.82, 2.24) is 4.90 Å². The van der Waals surface area contributed by atoms with Crippen molar-refractivity contribution in [1.29, 1.82) is 0 Å². The molecule has 1 saturated heterocycles. The van der Waals surface area contributed by atoms with Gasteiger partial charge in [0.25, 0.3) is 0 Å². The van der Waals surface area contributed by atoms with Crippen molar-refractivity contribution in [3.8, 4) is 11.5 Å². The van der Waals surface area contributed by atoms with Crippen molar-refractivity contribution in [2.45, 2.75) is 19.4 Å². The largest absolute Gasteiger partial charge is 0.481 e. The first-order valence-corrected chi connectivity index (χ1v) is 8.99. The quantitative estimate of drug-likeness (QED) is 0.745. The zero-order chi connectivity index (χ0) is 18.5. The minimum atomic E-state index is -0.771. The fraction of sp³-hybridized carbons (Fsp3) is 0.350. The first-order chi connectivity index (χ1) is 12.5. The van der Waals surface area contributed by atoms with Crippen LogP contribution in [-0.4, -0.2) is 42.2 Å². The molecule has 1 fully saturated rings. The molecule has 1 aliphatic heterocycles. The van der Waals surface area contributed by atoms with Gasteiger partial charge in [-0.25, -0.2) is 0 Å². The molecule has 0 spiro atoms. The van der Waals surface area contributed by atoms with E-state index in [9.17, 15) is 4.79 Å². The summed E-state index contributed by atoms with van der Waals surface area (Å²) >= 11 is 6.04. The van der Waals surface area contributed by atoms with Gasteiger partial charge < -0.3 is 14.6 Å². The van der Waals surface area contributed by atoms with Gasteiger partial charge in [-0.05, 0) is 48.4 Å². The summed E-state index contributed by atoms with van der Waals surface area (Å²) in [6, 6.07) is 13.4. The number of carboxylic acids is 1. The molecule has 1 atom stereocenters. The van der Waals surface area contributed by atoms with Gasteiger partial charge in [-0.3, -0.25) is 9.69 Å². The Morgan fingerprint density at radius 2 is 1.96 bits per heavy atom. The van der Waals surface area contributed by atoms with Gasteiger partial charge >= 0.3 is 5.97 Å². The first-order valence-electron chi connectivity index (χ1n) is 8.61. The standard InChI is InChI=1S/C20H22ClNO4.ClH/c1-14-12-17(6-7-18(14)21)26-16-4-2-15(3-5-16)19-13-22(10-11-25-19)9-8-20(23)24;/h2-7,12,19H,8-11,13H2,1H3,(H,23,24);1H. The molecule has 1 aliphatic rings. The molecule has 7 heteroatoms. The lowest BCUT2D eigenvalue weighted by molar-refractivity contribution is -0.137. The number of aliphatic carboxylic acids is 1. The van der Waals surface area contributed by atoms with Crippen LogP contribution in [0.25, 0.3) is 0 Å². The van der Waals surface area contributed by atoms with Crippen LogP contribution >= 0.6 is 24.0 Å². The van der Waals surface area contributed by atoms with Crippen LogP contribution in [0.15, 0.2) is 42.5 Å². The molecule has 0 aliphatic carbocycles. The summed E-state index contributed by atoms with van der Waals surface area (Å²) in [6.07, 6.45) is 0.101. The van der Waals surface area contributed by atoms with Gasteiger partial charge in [0.15, 0.2) is 0 Å². The summed E-state index contributed by atoms with van der Waals surface area (Å²) in [4.78, 5) is 12.9. The van der Waals surface area contributed by atoms with E-state index in [-0.39, 0.29) is 24.9 Å². The Morgan fingerprint density at radius 3 is 2.63 bits per heavy atom. The summed E-state index contributed by atoms with van der Waals surface area (Å²) in [5.41, 5.74) is 2.03. The van der Waals surface area contributed by atoms with Crippen LogP contribution in [0.1, 0.15) is 23.7 Å². The van der Waals surface area contributed by atoms with Crippen molar-refractivity contribution in [3.05, 3.63) is 58.6 Å². The molecule has 1 heterocycles. The van der Waals surface area contributed by atoms with Gasteiger partial charge in [-0.15, -0.1) is 12.4 Å². The predicted octanol–water partition coefficient (Wildman–Crippen LogP) is 4.71. The zero-order valence-electron chi connectivity index (χ0n) is 15.1. The monoisotopic (exact) mass is 411 g/mol. The van der Waals surface area contributed by atoms with Crippen molar-refractivity contribution in [2.75, 3.05) is 26.2 Å². The summed E-state index contributed by atoms with van der Waals surface area (Å²) in [6.45, 7) is 4.55. The maximum Gasteiger partial charge on any atom is 0.304 e. The van der Waals surface area contributed by atoms with Crippen LogP contribution in [0.4, 0.5) is 0 Å². The van der Waals surface area contributed by atoms with E-state index >= 15 is 0 Å². The number of rotatable bonds is 6. The van der Waals surface area contributed by atoms with Crippen LogP contribution in [0.5, 0.6) is 11.5 Å². The second-order valence-corrected chi connectivity index (χ2v) is 6.79. The molecule has 0 saturated carbocycles. The fourth-order valence-corrected chi connectivity index (χ4v) is 3.05. The summed E-state index contributed by atoms with van der Waals surface area (Å²) in [7, 11) is 0. The van der Waals surface area contributed by atoms with Gasteiger partial charge in [0.2, 0.25) is 0 Å². The van der Waals surface area contributed by atoms with E-state index in [1.807, 2.05) is 49.4 Å². The van der Waals surface area contributed by atoms with Gasteiger partial charge in [0.1, 0.15) is 11.5 Å². The number of benzene rings is 2. The Hall–Kier alpha value is -1.79. The minimum absolute atomic E-state index is 0. The molecular weight excluding hydrogens is 389 g/mol.